The summed E-state index contributed by atoms with van der Waals surface area (Å²) in [4.78, 5) is 4.54. The Hall–Kier alpha value is -1.45. The van der Waals surface area contributed by atoms with Gasteiger partial charge in [0.15, 0.2) is 0 Å². The van der Waals surface area contributed by atoms with Crippen LogP contribution >= 0.6 is 0 Å². The lowest BCUT2D eigenvalue weighted by Gasteiger charge is -2.20. The van der Waals surface area contributed by atoms with Crippen LogP contribution in [0.4, 0.5) is 11.5 Å². The van der Waals surface area contributed by atoms with Crippen molar-refractivity contribution < 1.29 is 4.74 Å². The summed E-state index contributed by atoms with van der Waals surface area (Å²) in [5.74, 6) is 3.65. The van der Waals surface area contributed by atoms with E-state index in [2.05, 4.69) is 24.1 Å². The van der Waals surface area contributed by atoms with Crippen molar-refractivity contribution in [1.29, 1.82) is 0 Å². The largest absolute Gasteiger partial charge is 0.476 e. The van der Waals surface area contributed by atoms with E-state index in [4.69, 9.17) is 10.5 Å². The highest BCUT2D eigenvalue weighted by atomic mass is 16.5. The summed E-state index contributed by atoms with van der Waals surface area (Å²) in [6.45, 7) is 5.39. The molecule has 0 saturated heterocycles. The monoisotopic (exact) mass is 275 g/mol. The van der Waals surface area contributed by atoms with Crippen LogP contribution < -0.4 is 15.8 Å². The normalized spacial score (nSPS) is 29.4. The average molecular weight is 275 g/mol. The van der Waals surface area contributed by atoms with Crippen LogP contribution in [0.25, 0.3) is 0 Å². The van der Waals surface area contributed by atoms with Crippen LogP contribution in [0, 0.1) is 17.8 Å². The van der Waals surface area contributed by atoms with Gasteiger partial charge in [0, 0.05) is 6.04 Å². The van der Waals surface area contributed by atoms with Crippen molar-refractivity contribution in [3.8, 4) is 5.88 Å². The van der Waals surface area contributed by atoms with Gasteiger partial charge in [-0.2, -0.15) is 4.98 Å². The maximum absolute atomic E-state index is 5.94. The third-order valence-electron chi connectivity index (χ3n) is 4.84. The molecule has 4 nitrogen and oxygen atoms in total. The Morgan fingerprint density at radius 1 is 1.25 bits per heavy atom. The lowest BCUT2D eigenvalue weighted by atomic mass is 9.98. The molecule has 3 N–H and O–H groups in total. The Labute approximate surface area is 121 Å². The van der Waals surface area contributed by atoms with E-state index in [0.717, 1.165) is 18.3 Å². The van der Waals surface area contributed by atoms with Crippen LogP contribution in [0.5, 0.6) is 5.88 Å². The maximum Gasteiger partial charge on any atom is 0.239 e. The number of nitrogens with zero attached hydrogens (tertiary/aromatic N) is 1. The smallest absolute Gasteiger partial charge is 0.239 e. The fourth-order valence-electron chi connectivity index (χ4n) is 2.89. The second-order valence-corrected chi connectivity index (χ2v) is 6.51. The second kappa shape index (κ2) is 5.51. The first-order valence-electron chi connectivity index (χ1n) is 7.79. The minimum absolute atomic E-state index is 0.511. The first-order valence-corrected chi connectivity index (χ1v) is 7.79. The van der Waals surface area contributed by atoms with Crippen molar-refractivity contribution in [1.82, 2.24) is 4.98 Å². The van der Waals surface area contributed by atoms with Gasteiger partial charge < -0.3 is 15.8 Å². The molecule has 2 fully saturated rings. The van der Waals surface area contributed by atoms with Crippen LogP contribution in [0.1, 0.15) is 39.5 Å². The molecule has 0 amide bonds. The van der Waals surface area contributed by atoms with Gasteiger partial charge in [-0.05, 0) is 55.6 Å². The van der Waals surface area contributed by atoms with E-state index in [9.17, 15) is 0 Å². The van der Waals surface area contributed by atoms with Gasteiger partial charge in [-0.15, -0.1) is 0 Å². The van der Waals surface area contributed by atoms with Gasteiger partial charge in [0.25, 0.3) is 0 Å². The van der Waals surface area contributed by atoms with E-state index < -0.39 is 0 Å². The van der Waals surface area contributed by atoms with Crippen LogP contribution in [0.15, 0.2) is 12.1 Å². The van der Waals surface area contributed by atoms with Crippen molar-refractivity contribution in [2.45, 2.75) is 45.6 Å². The summed E-state index contributed by atoms with van der Waals surface area (Å²) < 4.78 is 5.74. The van der Waals surface area contributed by atoms with E-state index in [1.807, 2.05) is 12.1 Å². The molecule has 0 spiro atoms. The lowest BCUT2D eigenvalue weighted by Crippen LogP contribution is -2.24. The zero-order valence-electron chi connectivity index (χ0n) is 12.4. The van der Waals surface area contributed by atoms with Crippen LogP contribution in [0.3, 0.4) is 0 Å². The number of ether oxygens (including phenoxy) is 1. The Morgan fingerprint density at radius 2 is 2.05 bits per heavy atom. The molecule has 3 atom stereocenters. The first kappa shape index (κ1) is 13.5. The molecule has 1 heterocycles. The Kier molecular flexibility index (Phi) is 3.72. The summed E-state index contributed by atoms with van der Waals surface area (Å²) in [7, 11) is 0. The van der Waals surface area contributed by atoms with Gasteiger partial charge in [0.2, 0.25) is 5.88 Å². The Balaban J connectivity index is 1.65. The molecule has 1 aromatic rings. The number of anilines is 2. The van der Waals surface area contributed by atoms with Gasteiger partial charge >= 0.3 is 0 Å². The molecule has 4 heteroatoms. The highest BCUT2D eigenvalue weighted by molar-refractivity contribution is 5.54. The number of aromatic nitrogens is 1. The fraction of sp³-hybridized carbons (Fsp3) is 0.688. The number of nitrogens with two attached hydrogens (primary N) is 1. The lowest BCUT2D eigenvalue weighted by molar-refractivity contribution is 0.290. The highest BCUT2D eigenvalue weighted by Gasteiger charge is 2.30. The number of hydrogen-bond donors (Lipinski definition) is 2. The molecule has 0 aromatic carbocycles. The average Bonchev–Trinajstić information content (AvgIpc) is 3.21. The number of nitrogens with one attached hydrogen (secondary N) is 1. The van der Waals surface area contributed by atoms with Crippen molar-refractivity contribution in [2.24, 2.45) is 17.8 Å². The molecule has 20 heavy (non-hydrogen) atoms. The number of pyridine rings is 1. The Morgan fingerprint density at radius 3 is 2.70 bits per heavy atom. The number of nitrogen functional groups attached to an aromatic ring is 1. The van der Waals surface area contributed by atoms with E-state index in [0.29, 0.717) is 29.4 Å². The molecule has 0 bridgehead atoms. The standard InChI is InChI=1S/C16H25N3O/c1-10-3-7-14(11(10)2)18-15-8-6-13(17)16(19-15)20-9-12-4-5-12/h6,8,10-12,14H,3-5,7,9,17H2,1-2H3,(H,18,19). The van der Waals surface area contributed by atoms with E-state index >= 15 is 0 Å². The summed E-state index contributed by atoms with van der Waals surface area (Å²) in [5.41, 5.74) is 6.57. The zero-order valence-corrected chi connectivity index (χ0v) is 12.4. The number of hydrogen-bond acceptors (Lipinski definition) is 4. The maximum atomic E-state index is 5.94. The summed E-state index contributed by atoms with van der Waals surface area (Å²) >= 11 is 0. The van der Waals surface area contributed by atoms with E-state index in [-0.39, 0.29) is 0 Å². The van der Waals surface area contributed by atoms with Crippen molar-refractivity contribution in [2.75, 3.05) is 17.7 Å². The highest BCUT2D eigenvalue weighted by Crippen LogP contribution is 2.34. The van der Waals surface area contributed by atoms with Crippen molar-refractivity contribution >= 4 is 11.5 Å². The molecule has 2 saturated carbocycles. The van der Waals surface area contributed by atoms with E-state index in [1.54, 1.807) is 0 Å². The molecule has 110 valence electrons. The molecule has 2 aliphatic rings. The predicted octanol–water partition coefficient (Wildman–Crippen LogP) is 3.30. The summed E-state index contributed by atoms with van der Waals surface area (Å²) in [5, 5.41) is 3.55. The predicted molar refractivity (Wildman–Crippen MR) is 81.8 cm³/mol. The quantitative estimate of drug-likeness (QED) is 0.865. The minimum Gasteiger partial charge on any atom is -0.476 e. The van der Waals surface area contributed by atoms with E-state index in [1.165, 1.54) is 25.7 Å². The zero-order chi connectivity index (χ0) is 14.1. The molecule has 0 radical (unpaired) electrons. The van der Waals surface area contributed by atoms with Crippen LogP contribution in [-0.4, -0.2) is 17.6 Å². The van der Waals surface area contributed by atoms with Crippen LogP contribution in [-0.2, 0) is 0 Å². The third kappa shape index (κ3) is 3.00. The minimum atomic E-state index is 0.511. The number of rotatable bonds is 5. The van der Waals surface area contributed by atoms with Gasteiger partial charge in [0.1, 0.15) is 5.82 Å². The summed E-state index contributed by atoms with van der Waals surface area (Å²) in [6.07, 6.45) is 5.05. The fourth-order valence-corrected chi connectivity index (χ4v) is 2.89. The molecule has 0 aliphatic heterocycles. The third-order valence-corrected chi connectivity index (χ3v) is 4.84. The molecule has 1 aromatic heterocycles. The topological polar surface area (TPSA) is 60.2 Å². The molecule has 3 unspecified atom stereocenters. The molecular weight excluding hydrogens is 250 g/mol. The summed E-state index contributed by atoms with van der Waals surface area (Å²) in [6, 6.07) is 4.35. The molecule has 2 aliphatic carbocycles. The van der Waals surface area contributed by atoms with Gasteiger partial charge in [-0.25, -0.2) is 0 Å². The van der Waals surface area contributed by atoms with Gasteiger partial charge in [-0.3, -0.25) is 0 Å². The van der Waals surface area contributed by atoms with Gasteiger partial charge in [0.05, 0.1) is 12.3 Å². The first-order chi connectivity index (χ1) is 9.63. The SMILES string of the molecule is CC1CCC(Nc2ccc(N)c(OCC3CC3)n2)C1C. The Bertz CT molecular complexity index is 473. The molecular formula is C16H25N3O. The second-order valence-electron chi connectivity index (χ2n) is 6.51. The van der Waals surface area contributed by atoms with Crippen molar-refractivity contribution in [3.05, 3.63) is 12.1 Å². The van der Waals surface area contributed by atoms with Crippen molar-refractivity contribution in [3.63, 3.8) is 0 Å². The van der Waals surface area contributed by atoms with Gasteiger partial charge in [-0.1, -0.05) is 13.8 Å². The van der Waals surface area contributed by atoms with Crippen LogP contribution in [0.2, 0.25) is 0 Å². The molecule has 3 rings (SSSR count).